The summed E-state index contributed by atoms with van der Waals surface area (Å²) >= 11 is 0. The van der Waals surface area contributed by atoms with Gasteiger partial charge >= 0.3 is 0 Å². The van der Waals surface area contributed by atoms with Crippen LogP contribution in [0.3, 0.4) is 0 Å². The highest BCUT2D eigenvalue weighted by Crippen LogP contribution is 2.69. The van der Waals surface area contributed by atoms with Crippen LogP contribution in [0.15, 0.2) is 11.6 Å². The molecule has 5 rings (SSSR count). The van der Waals surface area contributed by atoms with Crippen LogP contribution >= 0.6 is 0 Å². The maximum atomic E-state index is 10.9. The summed E-state index contributed by atoms with van der Waals surface area (Å²) in [6.07, 6.45) is 23.3. The largest absolute Gasteiger partial charge is 0.393 e. The molecule has 5 aliphatic rings. The highest BCUT2D eigenvalue weighted by Gasteiger charge is 2.61. The molecule has 194 valence electrons. The van der Waals surface area contributed by atoms with Crippen LogP contribution in [0.5, 0.6) is 0 Å². The Morgan fingerprint density at radius 3 is 2.41 bits per heavy atom. The predicted octanol–water partition coefficient (Wildman–Crippen LogP) is 9.20. The molecule has 0 bridgehead atoms. The Labute approximate surface area is 211 Å². The third-order valence-corrected chi connectivity index (χ3v) is 12.7. The van der Waals surface area contributed by atoms with Crippen molar-refractivity contribution >= 4 is 0 Å². The lowest BCUT2D eigenvalue weighted by Crippen LogP contribution is -2.55. The minimum atomic E-state index is -0.0841. The average Bonchev–Trinajstić information content (AvgIpc) is 3.16. The van der Waals surface area contributed by atoms with Gasteiger partial charge in [0.1, 0.15) is 0 Å². The Morgan fingerprint density at radius 1 is 0.912 bits per heavy atom. The normalized spacial score (nSPS) is 45.9. The number of hydrogen-bond donors (Lipinski definition) is 1. The maximum absolute atomic E-state index is 10.9. The molecule has 0 heterocycles. The molecule has 0 aromatic rings. The van der Waals surface area contributed by atoms with Gasteiger partial charge in [0, 0.05) is 0 Å². The first-order valence-corrected chi connectivity index (χ1v) is 15.6. The Morgan fingerprint density at radius 2 is 1.68 bits per heavy atom. The lowest BCUT2D eigenvalue weighted by Gasteiger charge is -2.62. The zero-order chi connectivity index (χ0) is 24.1. The fraction of sp³-hybridized carbons (Fsp3) is 0.939. The summed E-state index contributed by atoms with van der Waals surface area (Å²) in [5.41, 5.74) is 2.63. The molecule has 1 unspecified atom stereocenters. The van der Waals surface area contributed by atoms with Gasteiger partial charge in [-0.3, -0.25) is 0 Å². The summed E-state index contributed by atoms with van der Waals surface area (Å²) in [5, 5.41) is 10.9. The van der Waals surface area contributed by atoms with E-state index in [1.165, 1.54) is 83.5 Å². The third kappa shape index (κ3) is 4.26. The van der Waals surface area contributed by atoms with E-state index >= 15 is 0 Å². The van der Waals surface area contributed by atoms with Gasteiger partial charge in [-0.1, -0.05) is 97.6 Å². The van der Waals surface area contributed by atoms with Crippen LogP contribution in [0.25, 0.3) is 0 Å². The number of fused-ring (bicyclic) bond motifs is 5. The Bertz CT molecular complexity index is 731. The fourth-order valence-electron chi connectivity index (χ4n) is 11.0. The van der Waals surface area contributed by atoms with Crippen molar-refractivity contribution < 1.29 is 5.11 Å². The number of aliphatic hydroxyl groups excluding tert-OH is 1. The molecule has 0 saturated heterocycles. The van der Waals surface area contributed by atoms with Crippen molar-refractivity contribution in [1.82, 2.24) is 0 Å². The van der Waals surface area contributed by atoms with Crippen molar-refractivity contribution in [3.8, 4) is 0 Å². The van der Waals surface area contributed by atoms with Crippen molar-refractivity contribution in [3.05, 3.63) is 11.6 Å². The van der Waals surface area contributed by atoms with Gasteiger partial charge in [0.2, 0.25) is 0 Å². The van der Waals surface area contributed by atoms with Gasteiger partial charge in [-0.15, -0.1) is 0 Å². The van der Waals surface area contributed by atoms with Crippen molar-refractivity contribution in [2.24, 2.45) is 58.2 Å². The number of aliphatic hydroxyl groups is 1. The molecular formula is C33H56O. The van der Waals surface area contributed by atoms with E-state index in [4.69, 9.17) is 0 Å². The van der Waals surface area contributed by atoms with Gasteiger partial charge in [-0.2, -0.15) is 0 Å². The Balaban J connectivity index is 1.37. The van der Waals surface area contributed by atoms with Gasteiger partial charge in [0.05, 0.1) is 6.10 Å². The molecule has 34 heavy (non-hydrogen) atoms. The van der Waals surface area contributed by atoms with E-state index in [2.05, 4.69) is 40.7 Å². The number of allylic oxidation sites excluding steroid dienone is 1. The van der Waals surface area contributed by atoms with Gasteiger partial charge in [0.15, 0.2) is 0 Å². The Kier molecular flexibility index (Phi) is 7.36. The van der Waals surface area contributed by atoms with Crippen molar-refractivity contribution in [3.63, 3.8) is 0 Å². The molecule has 4 saturated carbocycles. The fourth-order valence-corrected chi connectivity index (χ4v) is 11.0. The summed E-state index contributed by atoms with van der Waals surface area (Å²) in [4.78, 5) is 0. The Hall–Kier alpha value is -0.300. The van der Waals surface area contributed by atoms with Gasteiger partial charge in [-0.25, -0.2) is 0 Å². The molecule has 0 aromatic carbocycles. The molecule has 4 fully saturated rings. The minimum absolute atomic E-state index is 0.0841. The molecule has 1 nitrogen and oxygen atoms in total. The first-order chi connectivity index (χ1) is 16.2. The monoisotopic (exact) mass is 468 g/mol. The molecule has 0 aromatic heterocycles. The number of hydrogen-bond acceptors (Lipinski definition) is 1. The van der Waals surface area contributed by atoms with E-state index in [-0.39, 0.29) is 6.10 Å². The van der Waals surface area contributed by atoms with E-state index in [1.807, 2.05) is 0 Å². The smallest absolute Gasteiger partial charge is 0.0580 e. The second-order valence-electron chi connectivity index (χ2n) is 14.8. The van der Waals surface area contributed by atoms with Gasteiger partial charge in [-0.05, 0) is 103 Å². The molecule has 5 aliphatic carbocycles. The first-order valence-electron chi connectivity index (χ1n) is 15.6. The highest BCUT2D eigenvalue weighted by atomic mass is 16.3. The van der Waals surface area contributed by atoms with E-state index < -0.39 is 0 Å². The standard InChI is InChI=1S/C33H56O/c1-22(2)10-9-11-23(3)28-16-17-29-27-15-14-25-20-26(34)21-31(24-12-7-6-8-13-24)33(25,5)30(27)18-19-32(28,29)4/h14,22-24,26-31,34H,6-13,15-21H2,1-5H3/t23-,26-,27+,28-,29+,30+,31?,32-,33+/m1/s1. The molecule has 9 atom stereocenters. The molecule has 0 amide bonds. The van der Waals surface area contributed by atoms with Crippen LogP contribution in [0.1, 0.15) is 131 Å². The average molecular weight is 469 g/mol. The zero-order valence-electron chi connectivity index (χ0n) is 23.3. The van der Waals surface area contributed by atoms with Crippen molar-refractivity contribution in [1.29, 1.82) is 0 Å². The summed E-state index contributed by atoms with van der Waals surface area (Å²) in [6, 6.07) is 0. The topological polar surface area (TPSA) is 20.2 Å². The van der Waals surface area contributed by atoms with Crippen molar-refractivity contribution in [2.45, 2.75) is 137 Å². The van der Waals surface area contributed by atoms with Crippen molar-refractivity contribution in [2.75, 3.05) is 0 Å². The second kappa shape index (κ2) is 9.87. The first kappa shape index (κ1) is 25.4. The molecule has 1 heteroatoms. The van der Waals surface area contributed by atoms with E-state index in [0.717, 1.165) is 60.2 Å². The number of rotatable bonds is 6. The molecule has 1 N–H and O–H groups in total. The molecule has 0 radical (unpaired) electrons. The van der Waals surface area contributed by atoms with Gasteiger partial charge in [0.25, 0.3) is 0 Å². The van der Waals surface area contributed by atoms with Crippen LogP contribution in [0.4, 0.5) is 0 Å². The predicted molar refractivity (Wildman–Crippen MR) is 145 cm³/mol. The van der Waals surface area contributed by atoms with Gasteiger partial charge < -0.3 is 5.11 Å². The van der Waals surface area contributed by atoms with E-state index in [1.54, 1.807) is 5.57 Å². The second-order valence-corrected chi connectivity index (χ2v) is 14.8. The lowest BCUT2D eigenvalue weighted by molar-refractivity contribution is -0.0941. The van der Waals surface area contributed by atoms with Crippen LogP contribution in [-0.2, 0) is 0 Å². The highest BCUT2D eigenvalue weighted by molar-refractivity contribution is 5.27. The minimum Gasteiger partial charge on any atom is -0.393 e. The summed E-state index contributed by atoms with van der Waals surface area (Å²) in [6.45, 7) is 12.8. The lowest BCUT2D eigenvalue weighted by atomic mass is 9.43. The van der Waals surface area contributed by atoms with E-state index in [9.17, 15) is 5.11 Å². The van der Waals surface area contributed by atoms with Crippen LogP contribution in [0.2, 0.25) is 0 Å². The van der Waals surface area contributed by atoms with Crippen LogP contribution in [0, 0.1) is 58.2 Å². The van der Waals surface area contributed by atoms with E-state index in [0.29, 0.717) is 10.8 Å². The molecule has 0 spiro atoms. The van der Waals surface area contributed by atoms with Crippen LogP contribution in [-0.4, -0.2) is 11.2 Å². The summed E-state index contributed by atoms with van der Waals surface area (Å²) in [7, 11) is 0. The zero-order valence-corrected chi connectivity index (χ0v) is 23.3. The maximum Gasteiger partial charge on any atom is 0.0580 e. The quantitative estimate of drug-likeness (QED) is 0.385. The third-order valence-electron chi connectivity index (χ3n) is 12.7. The molecular weight excluding hydrogens is 412 g/mol. The van der Waals surface area contributed by atoms with Crippen LogP contribution < -0.4 is 0 Å². The summed E-state index contributed by atoms with van der Waals surface area (Å²) < 4.78 is 0. The molecule has 0 aliphatic heterocycles. The SMILES string of the molecule is CC(C)CCC[C@@H](C)[C@H]1CC[C@H]2[C@@H]3CC=C4C[C@@H](O)CC(C5CCCCC5)[C@]4(C)[C@H]3CC[C@]12C. The summed E-state index contributed by atoms with van der Waals surface area (Å²) in [5.74, 6) is 7.01.